The molecule has 0 unspecified atom stereocenters. The lowest BCUT2D eigenvalue weighted by molar-refractivity contribution is -0.138. The predicted molar refractivity (Wildman–Crippen MR) is 73.5 cm³/mol. The van der Waals surface area contributed by atoms with Crippen molar-refractivity contribution in [1.82, 2.24) is 0 Å². The Morgan fingerprint density at radius 3 is 2.40 bits per heavy atom. The maximum Gasteiger partial charge on any atom is 0.416 e. The molecule has 3 nitrogen and oxygen atoms in total. The third-order valence-corrected chi connectivity index (χ3v) is 3.13. The second kappa shape index (κ2) is 6.95. The summed E-state index contributed by atoms with van der Waals surface area (Å²) in [6, 6.07) is 4.15. The van der Waals surface area contributed by atoms with Crippen molar-refractivity contribution in [3.63, 3.8) is 0 Å². The zero-order chi connectivity index (χ0) is 15.3. The number of alkyl halides is 3. The van der Waals surface area contributed by atoms with E-state index in [9.17, 15) is 13.2 Å². The van der Waals surface area contributed by atoms with Gasteiger partial charge in [-0.05, 0) is 44.0 Å². The summed E-state index contributed by atoms with van der Waals surface area (Å²) in [5.41, 5.74) is 5.53. The highest BCUT2D eigenvalue weighted by Gasteiger charge is 2.33. The summed E-state index contributed by atoms with van der Waals surface area (Å²) in [6.45, 7) is 4.39. The van der Waals surface area contributed by atoms with Crippen molar-refractivity contribution >= 4 is 5.69 Å². The van der Waals surface area contributed by atoms with Gasteiger partial charge in [0.2, 0.25) is 0 Å². The molecule has 0 amide bonds. The molecule has 0 saturated carbocycles. The molecule has 114 valence electrons. The first-order chi connectivity index (χ1) is 9.31. The van der Waals surface area contributed by atoms with Gasteiger partial charge in [-0.3, -0.25) is 0 Å². The minimum Gasteiger partial charge on any atom is -0.396 e. The van der Waals surface area contributed by atoms with Crippen molar-refractivity contribution in [2.45, 2.75) is 39.0 Å². The van der Waals surface area contributed by atoms with Crippen LogP contribution < -0.4 is 10.6 Å². The highest BCUT2D eigenvalue weighted by Crippen LogP contribution is 2.34. The molecule has 3 N–H and O–H groups in total. The Kier molecular flexibility index (Phi) is 5.83. The molecular weight excluding hydrogens is 269 g/mol. The fourth-order valence-corrected chi connectivity index (χ4v) is 2.13. The van der Waals surface area contributed by atoms with Crippen molar-refractivity contribution < 1.29 is 18.3 Å². The number of halogens is 3. The lowest BCUT2D eigenvalue weighted by Crippen LogP contribution is -2.32. The lowest BCUT2D eigenvalue weighted by Gasteiger charge is -2.30. The second-order valence-electron chi connectivity index (χ2n) is 4.91. The minimum absolute atomic E-state index is 0.0492. The van der Waals surface area contributed by atoms with Gasteiger partial charge in [0.15, 0.2) is 0 Å². The molecule has 0 fully saturated rings. The summed E-state index contributed by atoms with van der Waals surface area (Å²) in [4.78, 5) is 1.95. The van der Waals surface area contributed by atoms with Crippen LogP contribution >= 0.6 is 0 Å². The van der Waals surface area contributed by atoms with Crippen LogP contribution in [-0.4, -0.2) is 24.3 Å². The van der Waals surface area contributed by atoms with E-state index >= 15 is 0 Å². The number of aliphatic hydroxyl groups is 1. The summed E-state index contributed by atoms with van der Waals surface area (Å²) in [5, 5.41) is 8.90. The van der Waals surface area contributed by atoms with E-state index in [1.807, 2.05) is 18.7 Å². The van der Waals surface area contributed by atoms with Gasteiger partial charge in [-0.1, -0.05) is 0 Å². The van der Waals surface area contributed by atoms with Crippen LogP contribution in [0.5, 0.6) is 0 Å². The zero-order valence-electron chi connectivity index (χ0n) is 11.7. The molecule has 0 aliphatic rings. The fraction of sp³-hybridized carbons (Fsp3) is 0.571. The van der Waals surface area contributed by atoms with Gasteiger partial charge in [0, 0.05) is 31.4 Å². The van der Waals surface area contributed by atoms with Crippen molar-refractivity contribution in [1.29, 1.82) is 0 Å². The van der Waals surface area contributed by atoms with E-state index in [4.69, 9.17) is 10.8 Å². The fourth-order valence-electron chi connectivity index (χ4n) is 2.13. The Balaban J connectivity index is 3.12. The number of nitrogens with zero attached hydrogens (tertiary/aromatic N) is 1. The molecule has 0 spiro atoms. The molecule has 0 aromatic heterocycles. The summed E-state index contributed by atoms with van der Waals surface area (Å²) >= 11 is 0. The van der Waals surface area contributed by atoms with Gasteiger partial charge in [0.25, 0.3) is 0 Å². The molecule has 0 saturated heterocycles. The van der Waals surface area contributed by atoms with Crippen LogP contribution in [0.3, 0.4) is 0 Å². The topological polar surface area (TPSA) is 49.5 Å². The number of benzene rings is 1. The van der Waals surface area contributed by atoms with Gasteiger partial charge in [-0.25, -0.2) is 0 Å². The molecule has 0 radical (unpaired) electrons. The van der Waals surface area contributed by atoms with Gasteiger partial charge >= 0.3 is 6.18 Å². The molecule has 0 bridgehead atoms. The summed E-state index contributed by atoms with van der Waals surface area (Å²) in [7, 11) is 0. The standard InChI is InChI=1S/C14H21F3N2O/c1-10(2)19(6-3-7-20)12-4-5-13(14(15,16)17)11(8-12)9-18/h4-5,8,10,20H,3,6-7,9,18H2,1-2H3. The first-order valence-electron chi connectivity index (χ1n) is 6.59. The van der Waals surface area contributed by atoms with E-state index in [-0.39, 0.29) is 24.8 Å². The molecule has 0 aliphatic heterocycles. The molecule has 1 aromatic rings. The molecule has 0 atom stereocenters. The Labute approximate surface area is 117 Å². The molecule has 20 heavy (non-hydrogen) atoms. The summed E-state index contributed by atoms with van der Waals surface area (Å²) < 4.78 is 38.5. The summed E-state index contributed by atoms with van der Waals surface area (Å²) in [6.07, 6.45) is -3.82. The lowest BCUT2D eigenvalue weighted by atomic mass is 10.0. The monoisotopic (exact) mass is 290 g/mol. The number of hydrogen-bond acceptors (Lipinski definition) is 3. The van der Waals surface area contributed by atoms with Gasteiger partial charge < -0.3 is 15.7 Å². The van der Waals surface area contributed by atoms with Crippen LogP contribution in [0.1, 0.15) is 31.4 Å². The number of hydrogen-bond donors (Lipinski definition) is 2. The predicted octanol–water partition coefficient (Wildman–Crippen LogP) is 2.76. The zero-order valence-corrected chi connectivity index (χ0v) is 11.7. The first kappa shape index (κ1) is 16.8. The van der Waals surface area contributed by atoms with Crippen LogP contribution in [0.4, 0.5) is 18.9 Å². The Bertz CT molecular complexity index is 433. The third-order valence-electron chi connectivity index (χ3n) is 3.13. The van der Waals surface area contributed by atoms with Crippen molar-refractivity contribution in [3.8, 4) is 0 Å². The van der Waals surface area contributed by atoms with Gasteiger partial charge in [0.05, 0.1) is 5.56 Å². The Morgan fingerprint density at radius 2 is 1.95 bits per heavy atom. The van der Waals surface area contributed by atoms with Gasteiger partial charge in [-0.15, -0.1) is 0 Å². The Morgan fingerprint density at radius 1 is 1.30 bits per heavy atom. The average Bonchev–Trinajstić information content (AvgIpc) is 2.37. The van der Waals surface area contributed by atoms with E-state index in [1.165, 1.54) is 12.1 Å². The van der Waals surface area contributed by atoms with Gasteiger partial charge in [0.1, 0.15) is 0 Å². The van der Waals surface area contributed by atoms with E-state index in [0.29, 0.717) is 18.7 Å². The molecule has 1 rings (SSSR count). The second-order valence-corrected chi connectivity index (χ2v) is 4.91. The smallest absolute Gasteiger partial charge is 0.396 e. The van der Waals surface area contributed by atoms with E-state index in [2.05, 4.69) is 0 Å². The van der Waals surface area contributed by atoms with Crippen LogP contribution in [-0.2, 0) is 12.7 Å². The van der Waals surface area contributed by atoms with E-state index in [0.717, 1.165) is 6.07 Å². The number of anilines is 1. The SMILES string of the molecule is CC(C)N(CCCO)c1ccc(C(F)(F)F)c(CN)c1. The van der Waals surface area contributed by atoms with Crippen molar-refractivity contribution in [2.75, 3.05) is 18.1 Å². The maximum absolute atomic E-state index is 12.8. The molecule has 0 aliphatic carbocycles. The quantitative estimate of drug-likeness (QED) is 0.847. The van der Waals surface area contributed by atoms with E-state index in [1.54, 1.807) is 0 Å². The number of rotatable bonds is 6. The maximum atomic E-state index is 12.8. The number of aliphatic hydroxyl groups excluding tert-OH is 1. The molecule has 0 heterocycles. The number of nitrogens with two attached hydrogens (primary N) is 1. The first-order valence-corrected chi connectivity index (χ1v) is 6.59. The largest absolute Gasteiger partial charge is 0.416 e. The van der Waals surface area contributed by atoms with E-state index < -0.39 is 11.7 Å². The highest BCUT2D eigenvalue weighted by molar-refractivity contribution is 5.52. The normalized spacial score (nSPS) is 12.0. The van der Waals surface area contributed by atoms with Crippen LogP contribution in [0, 0.1) is 0 Å². The molecular formula is C14H21F3N2O. The average molecular weight is 290 g/mol. The molecule has 6 heteroatoms. The Hall–Kier alpha value is -1.27. The molecule has 1 aromatic carbocycles. The van der Waals surface area contributed by atoms with Crippen molar-refractivity contribution in [2.24, 2.45) is 5.73 Å². The minimum atomic E-state index is -4.39. The van der Waals surface area contributed by atoms with Crippen molar-refractivity contribution in [3.05, 3.63) is 29.3 Å². The van der Waals surface area contributed by atoms with Crippen LogP contribution in [0.15, 0.2) is 18.2 Å². The van der Waals surface area contributed by atoms with Gasteiger partial charge in [-0.2, -0.15) is 13.2 Å². The van der Waals surface area contributed by atoms with Crippen LogP contribution in [0.25, 0.3) is 0 Å². The summed E-state index contributed by atoms with van der Waals surface area (Å²) in [5.74, 6) is 0. The highest BCUT2D eigenvalue weighted by atomic mass is 19.4. The van der Waals surface area contributed by atoms with Crippen LogP contribution in [0.2, 0.25) is 0 Å². The third kappa shape index (κ3) is 4.11.